The number of anilines is 1. The maximum absolute atomic E-state index is 13.7. The number of nitrogens with zero attached hydrogens (tertiary/aromatic N) is 1. The molecule has 1 aromatic rings. The van der Waals surface area contributed by atoms with Gasteiger partial charge < -0.3 is 19.8 Å². The molecule has 6 nitrogen and oxygen atoms in total. The zero-order valence-corrected chi connectivity index (χ0v) is 23.8. The van der Waals surface area contributed by atoms with Crippen LogP contribution in [-0.4, -0.2) is 39.6 Å². The summed E-state index contributed by atoms with van der Waals surface area (Å²) in [7, 11) is -0.294. The van der Waals surface area contributed by atoms with Crippen molar-refractivity contribution in [1.82, 2.24) is 0 Å². The Kier molecular flexibility index (Phi) is 5.89. The van der Waals surface area contributed by atoms with Gasteiger partial charge in [-0.15, -0.1) is 6.58 Å². The van der Waals surface area contributed by atoms with Gasteiger partial charge in [0.15, 0.2) is 8.32 Å². The standard InChI is InChI=1S/C28H42N2O4Si/c1-11-28(7)19(34-35(9,10)26(2,3)4)15-17-23(33-25(29)32)21(28)16-13-12-14-18-20(16)22(27(17,5)6)24(31)30(18)8/h11-14,17,19,21-23H,1,15H2,2-10H3,(H2,29,32)/t17-,19-,21-,22?,23?,28+/m0/s1. The molecule has 0 radical (unpaired) electrons. The van der Waals surface area contributed by atoms with Gasteiger partial charge in [0.25, 0.3) is 0 Å². The minimum Gasteiger partial charge on any atom is -0.445 e. The Balaban J connectivity index is 2.00. The van der Waals surface area contributed by atoms with Crippen LogP contribution in [0.2, 0.25) is 18.1 Å². The minimum atomic E-state index is -2.15. The van der Waals surface area contributed by atoms with Crippen molar-refractivity contribution in [2.45, 2.75) is 90.1 Å². The van der Waals surface area contributed by atoms with Crippen LogP contribution in [0.5, 0.6) is 0 Å². The Bertz CT molecular complexity index is 1080. The number of rotatable bonds is 4. The zero-order chi connectivity index (χ0) is 26.3. The molecule has 35 heavy (non-hydrogen) atoms. The van der Waals surface area contributed by atoms with Crippen molar-refractivity contribution in [2.24, 2.45) is 22.5 Å². The van der Waals surface area contributed by atoms with Gasteiger partial charge >= 0.3 is 6.09 Å². The van der Waals surface area contributed by atoms with Gasteiger partial charge in [0.05, 0.1) is 12.0 Å². The minimum absolute atomic E-state index is 0.0358. The molecule has 1 saturated carbocycles. The van der Waals surface area contributed by atoms with Gasteiger partial charge in [0.2, 0.25) is 5.91 Å². The highest BCUT2D eigenvalue weighted by Gasteiger charge is 2.64. The van der Waals surface area contributed by atoms with E-state index in [2.05, 4.69) is 67.3 Å². The van der Waals surface area contributed by atoms with E-state index in [-0.39, 0.29) is 34.8 Å². The SMILES string of the molecule is C=C[C@]1(C)[C@@H](O[Si](C)(C)C(C)(C)C)C[C@H]2C(OC(N)=O)[C@@H]1c1cccc3c1C(C(=O)N3C)C2(C)C. The van der Waals surface area contributed by atoms with Crippen LogP contribution in [0.25, 0.3) is 0 Å². The van der Waals surface area contributed by atoms with Crippen LogP contribution in [0.1, 0.15) is 70.9 Å². The monoisotopic (exact) mass is 498 g/mol. The fraction of sp³-hybridized carbons (Fsp3) is 0.643. The molecule has 6 atom stereocenters. The number of amides is 2. The van der Waals surface area contributed by atoms with Crippen molar-refractivity contribution in [3.05, 3.63) is 42.0 Å². The van der Waals surface area contributed by atoms with Gasteiger partial charge in [-0.2, -0.15) is 0 Å². The number of primary amides is 1. The Morgan fingerprint density at radius 2 is 1.89 bits per heavy atom. The first kappa shape index (κ1) is 26.0. The number of carbonyl (C=O) groups is 2. The topological polar surface area (TPSA) is 81.9 Å². The molecule has 0 spiro atoms. The number of hydrogen-bond acceptors (Lipinski definition) is 4. The lowest BCUT2D eigenvalue weighted by Gasteiger charge is -2.56. The molecule has 2 aliphatic carbocycles. The number of fused-ring (bicyclic) bond motifs is 3. The van der Waals surface area contributed by atoms with Crippen molar-refractivity contribution >= 4 is 26.0 Å². The average Bonchev–Trinajstić information content (AvgIpc) is 2.96. The van der Waals surface area contributed by atoms with Crippen LogP contribution >= 0.6 is 0 Å². The summed E-state index contributed by atoms with van der Waals surface area (Å²) in [6, 6.07) is 6.10. The summed E-state index contributed by atoms with van der Waals surface area (Å²) in [4.78, 5) is 27.7. The number of ether oxygens (including phenoxy) is 1. The number of carbonyl (C=O) groups excluding carboxylic acids is 2. The zero-order valence-electron chi connectivity index (χ0n) is 22.8. The maximum atomic E-state index is 13.7. The third-order valence-electron chi connectivity index (χ3n) is 9.87. The summed E-state index contributed by atoms with van der Waals surface area (Å²) in [5, 5.41) is 0.0358. The smallest absolute Gasteiger partial charge is 0.404 e. The summed E-state index contributed by atoms with van der Waals surface area (Å²) in [6.45, 7) is 22.0. The van der Waals surface area contributed by atoms with E-state index in [1.54, 1.807) is 4.90 Å². The molecule has 1 aromatic carbocycles. The third kappa shape index (κ3) is 3.60. The van der Waals surface area contributed by atoms with Gasteiger partial charge in [-0.3, -0.25) is 4.79 Å². The molecule has 4 rings (SSSR count). The lowest BCUT2D eigenvalue weighted by Crippen LogP contribution is -2.59. The number of nitrogens with two attached hydrogens (primary N) is 1. The maximum Gasteiger partial charge on any atom is 0.404 e. The Morgan fingerprint density at radius 3 is 2.43 bits per heavy atom. The first-order valence-electron chi connectivity index (χ1n) is 12.7. The van der Waals surface area contributed by atoms with Crippen LogP contribution in [-0.2, 0) is 14.0 Å². The fourth-order valence-electron chi connectivity index (χ4n) is 6.68. The molecule has 2 N–H and O–H groups in total. The van der Waals surface area contributed by atoms with Gasteiger partial charge in [-0.25, -0.2) is 4.79 Å². The summed E-state index contributed by atoms with van der Waals surface area (Å²) >= 11 is 0. The molecule has 1 fully saturated rings. The van der Waals surface area contributed by atoms with Crippen molar-refractivity contribution < 1.29 is 18.8 Å². The summed E-state index contributed by atoms with van der Waals surface area (Å²) in [5.41, 5.74) is 7.66. The second-order valence-corrected chi connectivity index (χ2v) is 17.8. The van der Waals surface area contributed by atoms with Gasteiger partial charge in [0, 0.05) is 30.0 Å². The van der Waals surface area contributed by atoms with E-state index in [1.807, 2.05) is 25.3 Å². The molecular weight excluding hydrogens is 456 g/mol. The van der Waals surface area contributed by atoms with E-state index in [1.165, 1.54) is 0 Å². The van der Waals surface area contributed by atoms with E-state index < -0.39 is 31.3 Å². The van der Waals surface area contributed by atoms with Crippen molar-refractivity contribution in [1.29, 1.82) is 0 Å². The number of hydrogen-bond donors (Lipinski definition) is 1. The highest BCUT2D eigenvalue weighted by molar-refractivity contribution is 6.74. The van der Waals surface area contributed by atoms with Crippen LogP contribution in [0.15, 0.2) is 30.9 Å². The van der Waals surface area contributed by atoms with Gasteiger partial charge in [-0.05, 0) is 47.2 Å². The first-order chi connectivity index (χ1) is 16.0. The largest absolute Gasteiger partial charge is 0.445 e. The second-order valence-electron chi connectivity index (χ2n) is 13.1. The van der Waals surface area contributed by atoms with Crippen LogP contribution in [0.4, 0.5) is 10.5 Å². The lowest BCUT2D eigenvalue weighted by atomic mass is 9.55. The van der Waals surface area contributed by atoms with Crippen LogP contribution in [0, 0.1) is 16.7 Å². The van der Waals surface area contributed by atoms with E-state index in [4.69, 9.17) is 14.9 Å². The molecule has 1 heterocycles. The molecule has 7 heteroatoms. The van der Waals surface area contributed by atoms with E-state index >= 15 is 0 Å². The fourth-order valence-corrected chi connectivity index (χ4v) is 8.10. The predicted octanol–water partition coefficient (Wildman–Crippen LogP) is 5.94. The Hall–Kier alpha value is -2.12. The summed E-state index contributed by atoms with van der Waals surface area (Å²) in [5.74, 6) is -0.596. The van der Waals surface area contributed by atoms with E-state index in [0.29, 0.717) is 6.42 Å². The highest BCUT2D eigenvalue weighted by atomic mass is 28.4. The molecule has 192 valence electrons. The first-order valence-corrected chi connectivity index (χ1v) is 15.6. The Morgan fingerprint density at radius 1 is 1.26 bits per heavy atom. The highest BCUT2D eigenvalue weighted by Crippen LogP contribution is 2.65. The van der Waals surface area contributed by atoms with Crippen LogP contribution < -0.4 is 10.6 Å². The van der Waals surface area contributed by atoms with E-state index in [9.17, 15) is 9.59 Å². The molecule has 2 unspecified atom stereocenters. The number of benzene rings is 1. The van der Waals surface area contributed by atoms with Crippen molar-refractivity contribution in [3.8, 4) is 0 Å². The average molecular weight is 499 g/mol. The summed E-state index contributed by atoms with van der Waals surface area (Å²) < 4.78 is 13.1. The van der Waals surface area contributed by atoms with Crippen molar-refractivity contribution in [2.75, 3.05) is 11.9 Å². The summed E-state index contributed by atoms with van der Waals surface area (Å²) in [6.07, 6.45) is 1.24. The van der Waals surface area contributed by atoms with Gasteiger partial charge in [-0.1, -0.05) is 59.8 Å². The Labute approximate surface area is 211 Å². The molecule has 2 amide bonds. The molecule has 0 aromatic heterocycles. The molecule has 2 bridgehead atoms. The van der Waals surface area contributed by atoms with Crippen molar-refractivity contribution in [3.63, 3.8) is 0 Å². The van der Waals surface area contributed by atoms with Gasteiger partial charge in [0.1, 0.15) is 6.10 Å². The lowest BCUT2D eigenvalue weighted by molar-refractivity contribution is -0.129. The number of likely N-dealkylation sites (N-methyl/N-ethyl adjacent to an activating group) is 1. The predicted molar refractivity (Wildman–Crippen MR) is 142 cm³/mol. The molecule has 1 aliphatic heterocycles. The normalized spacial score (nSPS) is 33.7. The molecule has 3 aliphatic rings. The quantitative estimate of drug-likeness (QED) is 0.412. The third-order valence-corrected chi connectivity index (χ3v) is 14.4. The van der Waals surface area contributed by atoms with Crippen LogP contribution in [0.3, 0.4) is 0 Å². The molecule has 0 saturated heterocycles. The molecular formula is C28H42N2O4Si. The van der Waals surface area contributed by atoms with E-state index in [0.717, 1.165) is 16.8 Å². The second kappa shape index (κ2) is 7.94.